The van der Waals surface area contributed by atoms with Gasteiger partial charge in [0.05, 0.1) is 0 Å². The Morgan fingerprint density at radius 2 is 1.22 bits per heavy atom. The molecule has 0 aliphatic heterocycles. The molecule has 0 aliphatic rings. The van der Waals surface area contributed by atoms with Crippen molar-refractivity contribution in [2.24, 2.45) is 0 Å². The van der Waals surface area contributed by atoms with E-state index in [1.165, 1.54) is 35.1 Å². The average molecular weight is 456 g/mol. The molecule has 0 nitrogen and oxygen atoms in total. The fourth-order valence-corrected chi connectivity index (χ4v) is 3.78. The molecule has 142 valence electrons. The molecule has 4 heteroatoms. The Labute approximate surface area is 197 Å². The van der Waals surface area contributed by atoms with E-state index in [9.17, 15) is 0 Å². The molecule has 0 bridgehead atoms. The van der Waals surface area contributed by atoms with Crippen molar-refractivity contribution in [3.8, 4) is 0 Å². The van der Waals surface area contributed by atoms with Gasteiger partial charge in [0.25, 0.3) is 0 Å². The first-order valence-electron chi connectivity index (χ1n) is 8.63. The van der Waals surface area contributed by atoms with Gasteiger partial charge in [-0.15, -0.1) is 5.56 Å². The summed E-state index contributed by atoms with van der Waals surface area (Å²) in [5.41, 5.74) is 5.58. The first-order chi connectivity index (χ1) is 11.3. The number of halogens is 3. The molecule has 3 aromatic carbocycles. The smallest absolute Gasteiger partial charge is 1.00 e. The van der Waals surface area contributed by atoms with E-state index in [2.05, 4.69) is 92.7 Å². The maximum absolute atomic E-state index is 2.31. The van der Waals surface area contributed by atoms with Crippen LogP contribution in [-0.4, -0.2) is 0 Å². The summed E-state index contributed by atoms with van der Waals surface area (Å²) >= 11 is 0. The van der Waals surface area contributed by atoms with Gasteiger partial charge in [0.2, 0.25) is 0 Å². The third-order valence-electron chi connectivity index (χ3n) is 4.93. The van der Waals surface area contributed by atoms with Gasteiger partial charge in [-0.2, -0.15) is 11.6 Å². The quantitative estimate of drug-likeness (QED) is 0.279. The summed E-state index contributed by atoms with van der Waals surface area (Å²) in [6, 6.07) is 28.8. The van der Waals surface area contributed by atoms with Crippen molar-refractivity contribution in [2.75, 3.05) is 0 Å². The monoisotopic (exact) mass is 454 g/mol. The Bertz CT molecular complexity index is 699. The average Bonchev–Trinajstić information content (AvgIpc) is 3.04. The maximum Gasteiger partial charge on any atom is 4.00 e. The van der Waals surface area contributed by atoms with Crippen LogP contribution in [0.1, 0.15) is 48.4 Å². The fraction of sp³-hybridized carbons (Fsp3) is 0.261. The maximum atomic E-state index is 2.31. The van der Waals surface area contributed by atoms with Crippen molar-refractivity contribution in [2.45, 2.75) is 38.5 Å². The number of rotatable bonds is 6. The molecule has 0 aliphatic carbocycles. The van der Waals surface area contributed by atoms with Crippen LogP contribution in [0.15, 0.2) is 78.9 Å². The number of hydrogen-bond donors (Lipinski definition) is 0. The van der Waals surface area contributed by atoms with Gasteiger partial charge in [0.1, 0.15) is 0 Å². The van der Waals surface area contributed by atoms with E-state index in [1.807, 2.05) is 0 Å². The van der Waals surface area contributed by atoms with Gasteiger partial charge in [-0.1, -0.05) is 87.4 Å². The van der Waals surface area contributed by atoms with Crippen molar-refractivity contribution in [1.29, 1.82) is 0 Å². The van der Waals surface area contributed by atoms with E-state index >= 15 is 0 Å². The van der Waals surface area contributed by atoms with E-state index in [0.717, 1.165) is 6.42 Å². The summed E-state index contributed by atoms with van der Waals surface area (Å²) in [6.45, 7) is 4.51. The molecule has 0 fully saturated rings. The predicted octanol–water partition coefficient (Wildman–Crippen LogP) is -2.75. The molecule has 0 amide bonds. The van der Waals surface area contributed by atoms with Gasteiger partial charge in [-0.25, -0.2) is 12.1 Å². The van der Waals surface area contributed by atoms with Crippen LogP contribution in [0.4, 0.5) is 0 Å². The molecular formula is C23H25Cl3Ti. The van der Waals surface area contributed by atoms with Crippen molar-refractivity contribution in [3.63, 3.8) is 0 Å². The largest absolute Gasteiger partial charge is 4.00 e. The Hall–Kier alpha value is -0.626. The van der Waals surface area contributed by atoms with E-state index in [1.54, 1.807) is 0 Å². The summed E-state index contributed by atoms with van der Waals surface area (Å²) in [5, 5.41) is 0. The van der Waals surface area contributed by atoms with Crippen LogP contribution in [0.25, 0.3) is 0 Å². The SMILES string of the molecule is CCCCC(c1ccccc1)(c1ccccc1)[c-]1cccc1C.[Cl-].[Cl-].[Cl-].[Ti+4]. The molecule has 3 aromatic rings. The summed E-state index contributed by atoms with van der Waals surface area (Å²) in [7, 11) is 0. The van der Waals surface area contributed by atoms with Crippen molar-refractivity contribution in [3.05, 3.63) is 101 Å². The zero-order valence-corrected chi connectivity index (χ0v) is 19.6. The standard InChI is InChI=1S/C23H25.3ClH.Ti/c1-3-4-18-23(20-13-7-5-8-14-20,21-15-9-6-10-16-21)22-17-11-12-19(22)2;;;;/h5-17H,3-4,18H2,1-2H3;3*1H;/q-1;;;;+4/p-3. The zero-order valence-electron chi connectivity index (χ0n) is 15.8. The number of aryl methyl sites for hydroxylation is 1. The molecule has 3 rings (SSSR count). The number of unbranched alkanes of at least 4 members (excludes halogenated alkanes) is 1. The Kier molecular flexibility index (Phi) is 14.3. The molecule has 0 saturated heterocycles. The first kappa shape index (κ1) is 28.6. The van der Waals surface area contributed by atoms with E-state index in [4.69, 9.17) is 0 Å². The Morgan fingerprint density at radius 1 is 0.741 bits per heavy atom. The molecule has 0 radical (unpaired) electrons. The summed E-state index contributed by atoms with van der Waals surface area (Å²) < 4.78 is 0. The van der Waals surface area contributed by atoms with E-state index in [0.29, 0.717) is 0 Å². The van der Waals surface area contributed by atoms with Gasteiger partial charge in [0, 0.05) is 5.41 Å². The normalized spacial score (nSPS) is 9.85. The van der Waals surface area contributed by atoms with Gasteiger partial charge in [-0.3, -0.25) is 0 Å². The molecule has 27 heavy (non-hydrogen) atoms. The summed E-state index contributed by atoms with van der Waals surface area (Å²) in [5.74, 6) is 0. The van der Waals surface area contributed by atoms with Gasteiger partial charge >= 0.3 is 21.7 Å². The predicted molar refractivity (Wildman–Crippen MR) is 99.1 cm³/mol. The van der Waals surface area contributed by atoms with Crippen molar-refractivity contribution in [1.82, 2.24) is 0 Å². The molecule has 0 heterocycles. The Morgan fingerprint density at radius 3 is 1.59 bits per heavy atom. The third-order valence-corrected chi connectivity index (χ3v) is 4.93. The zero-order chi connectivity index (χ0) is 16.1. The number of benzene rings is 2. The van der Waals surface area contributed by atoms with Crippen LogP contribution in [0, 0.1) is 6.92 Å². The molecule has 0 unspecified atom stereocenters. The van der Waals surface area contributed by atoms with Gasteiger partial charge in [-0.05, 0) is 17.5 Å². The first-order valence-corrected chi connectivity index (χ1v) is 8.63. The van der Waals surface area contributed by atoms with Crippen LogP contribution < -0.4 is 37.2 Å². The van der Waals surface area contributed by atoms with Crippen LogP contribution in [0.2, 0.25) is 0 Å². The van der Waals surface area contributed by atoms with E-state index < -0.39 is 0 Å². The minimum atomic E-state index is -0.0495. The van der Waals surface area contributed by atoms with Crippen LogP contribution in [0.5, 0.6) is 0 Å². The van der Waals surface area contributed by atoms with Crippen LogP contribution in [-0.2, 0) is 27.1 Å². The second-order valence-electron chi connectivity index (χ2n) is 6.36. The van der Waals surface area contributed by atoms with E-state index in [-0.39, 0.29) is 64.4 Å². The Balaban J connectivity index is 0. The summed E-state index contributed by atoms with van der Waals surface area (Å²) in [6.07, 6.45) is 3.57. The third kappa shape index (κ3) is 5.92. The molecule has 0 aromatic heterocycles. The molecule has 0 N–H and O–H groups in total. The molecule has 0 atom stereocenters. The number of hydrogen-bond acceptors (Lipinski definition) is 0. The van der Waals surface area contributed by atoms with Crippen molar-refractivity contribution < 1.29 is 58.9 Å². The van der Waals surface area contributed by atoms with Crippen LogP contribution >= 0.6 is 0 Å². The van der Waals surface area contributed by atoms with Gasteiger partial charge in [0.15, 0.2) is 0 Å². The molecular weight excluding hydrogens is 430 g/mol. The minimum Gasteiger partial charge on any atom is -1.00 e. The van der Waals surface area contributed by atoms with Crippen molar-refractivity contribution >= 4 is 0 Å². The van der Waals surface area contributed by atoms with Gasteiger partial charge < -0.3 is 37.2 Å². The summed E-state index contributed by atoms with van der Waals surface area (Å²) in [4.78, 5) is 0. The second-order valence-corrected chi connectivity index (χ2v) is 6.36. The minimum absolute atomic E-state index is 0. The van der Waals surface area contributed by atoms with Crippen LogP contribution in [0.3, 0.4) is 0 Å². The second kappa shape index (κ2) is 13.5. The molecule has 0 spiro atoms. The molecule has 0 saturated carbocycles. The topological polar surface area (TPSA) is 0 Å². The fourth-order valence-electron chi connectivity index (χ4n) is 3.78.